The molecule has 0 aliphatic heterocycles. The maximum atomic E-state index is 12.5. The molecule has 29 heavy (non-hydrogen) atoms. The van der Waals surface area contributed by atoms with E-state index in [4.69, 9.17) is 5.73 Å². The van der Waals surface area contributed by atoms with Crippen LogP contribution < -0.4 is 21.3 Å². The standard InChI is InChI=1S/C22H28N4O3/c1-14-7-5-8-15(2)21(14)24-19(28)12-26(11-18(23)27)13-20(29)25-22-16(3)9-6-10-17(22)4/h5-10H,11-13H2,1-4H3,(H2,23,27)(H,24,28)(H,25,29)/p+1. The third-order valence-electron chi connectivity index (χ3n) is 4.74. The molecule has 3 amide bonds. The first kappa shape index (κ1) is 22.1. The Kier molecular flexibility index (Phi) is 7.50. The summed E-state index contributed by atoms with van der Waals surface area (Å²) in [5, 5.41) is 5.76. The Morgan fingerprint density at radius 1 is 0.724 bits per heavy atom. The Balaban J connectivity index is 2.06. The number of para-hydroxylation sites is 2. The summed E-state index contributed by atoms with van der Waals surface area (Å²) in [4.78, 5) is 37.0. The average Bonchev–Trinajstić information content (AvgIpc) is 2.61. The first-order chi connectivity index (χ1) is 13.7. The van der Waals surface area contributed by atoms with E-state index in [2.05, 4.69) is 10.6 Å². The molecule has 0 unspecified atom stereocenters. The van der Waals surface area contributed by atoms with Crippen LogP contribution in [0.4, 0.5) is 11.4 Å². The third-order valence-corrected chi connectivity index (χ3v) is 4.74. The molecule has 0 saturated heterocycles. The third kappa shape index (κ3) is 6.43. The zero-order valence-electron chi connectivity index (χ0n) is 17.4. The predicted molar refractivity (Wildman–Crippen MR) is 114 cm³/mol. The smallest absolute Gasteiger partial charge is 0.279 e. The van der Waals surface area contributed by atoms with Gasteiger partial charge in [0.05, 0.1) is 0 Å². The summed E-state index contributed by atoms with van der Waals surface area (Å²) in [7, 11) is 0. The van der Waals surface area contributed by atoms with E-state index in [1.54, 1.807) is 0 Å². The molecule has 0 atom stereocenters. The summed E-state index contributed by atoms with van der Waals surface area (Å²) in [6.07, 6.45) is 0. The lowest BCUT2D eigenvalue weighted by molar-refractivity contribution is -0.874. The van der Waals surface area contributed by atoms with Gasteiger partial charge in [-0.15, -0.1) is 0 Å². The second kappa shape index (κ2) is 9.84. The van der Waals surface area contributed by atoms with Crippen molar-refractivity contribution in [2.75, 3.05) is 30.3 Å². The minimum absolute atomic E-state index is 0.0448. The van der Waals surface area contributed by atoms with Gasteiger partial charge in [-0.25, -0.2) is 0 Å². The number of carbonyl (C=O) groups is 3. The fourth-order valence-corrected chi connectivity index (χ4v) is 3.28. The van der Waals surface area contributed by atoms with Crippen molar-refractivity contribution in [3.05, 3.63) is 58.7 Å². The number of primary amides is 1. The molecule has 0 spiro atoms. The van der Waals surface area contributed by atoms with Gasteiger partial charge in [0.15, 0.2) is 19.6 Å². The van der Waals surface area contributed by atoms with Crippen molar-refractivity contribution in [3.63, 3.8) is 0 Å². The fourth-order valence-electron chi connectivity index (χ4n) is 3.28. The highest BCUT2D eigenvalue weighted by Crippen LogP contribution is 2.19. The summed E-state index contributed by atoms with van der Waals surface area (Å²) in [5.74, 6) is -1.13. The number of hydrogen-bond acceptors (Lipinski definition) is 3. The van der Waals surface area contributed by atoms with Crippen molar-refractivity contribution >= 4 is 29.1 Å². The maximum Gasteiger partial charge on any atom is 0.279 e. The van der Waals surface area contributed by atoms with Gasteiger partial charge in [0.2, 0.25) is 0 Å². The number of carbonyl (C=O) groups excluding carboxylic acids is 3. The van der Waals surface area contributed by atoms with E-state index in [0.29, 0.717) is 4.90 Å². The van der Waals surface area contributed by atoms with E-state index in [-0.39, 0.29) is 31.4 Å². The predicted octanol–water partition coefficient (Wildman–Crippen LogP) is 0.868. The van der Waals surface area contributed by atoms with Gasteiger partial charge in [-0.3, -0.25) is 14.4 Å². The number of quaternary nitrogens is 1. The lowest BCUT2D eigenvalue weighted by Gasteiger charge is -2.19. The van der Waals surface area contributed by atoms with E-state index in [1.807, 2.05) is 64.1 Å². The molecule has 0 aliphatic rings. The van der Waals surface area contributed by atoms with Gasteiger partial charge in [-0.2, -0.15) is 0 Å². The fraction of sp³-hybridized carbons (Fsp3) is 0.318. The van der Waals surface area contributed by atoms with Crippen LogP contribution in [0, 0.1) is 27.7 Å². The molecule has 0 aliphatic carbocycles. The first-order valence-electron chi connectivity index (χ1n) is 9.51. The topological polar surface area (TPSA) is 106 Å². The second-order valence-electron chi connectivity index (χ2n) is 7.38. The van der Waals surface area contributed by atoms with Crippen LogP contribution in [0.3, 0.4) is 0 Å². The number of nitrogens with one attached hydrogen (secondary N) is 3. The van der Waals surface area contributed by atoms with Gasteiger partial charge in [0.25, 0.3) is 17.7 Å². The summed E-state index contributed by atoms with van der Waals surface area (Å²) in [6.45, 7) is 7.45. The highest BCUT2D eigenvalue weighted by atomic mass is 16.2. The summed E-state index contributed by atoms with van der Waals surface area (Å²) < 4.78 is 0. The van der Waals surface area contributed by atoms with E-state index in [1.165, 1.54) is 0 Å². The molecule has 0 radical (unpaired) electrons. The molecule has 0 heterocycles. The second-order valence-corrected chi connectivity index (χ2v) is 7.38. The van der Waals surface area contributed by atoms with E-state index in [0.717, 1.165) is 33.6 Å². The largest absolute Gasteiger partial charge is 0.365 e. The molecule has 2 aromatic carbocycles. The average molecular weight is 397 g/mol. The van der Waals surface area contributed by atoms with Crippen LogP contribution in [0.5, 0.6) is 0 Å². The first-order valence-corrected chi connectivity index (χ1v) is 9.51. The van der Waals surface area contributed by atoms with Crippen LogP contribution in [-0.2, 0) is 14.4 Å². The molecule has 2 rings (SSSR count). The zero-order chi connectivity index (χ0) is 21.6. The Morgan fingerprint density at radius 3 is 1.38 bits per heavy atom. The van der Waals surface area contributed by atoms with Gasteiger partial charge in [-0.05, 0) is 49.9 Å². The van der Waals surface area contributed by atoms with Crippen molar-refractivity contribution in [3.8, 4) is 0 Å². The number of hydrogen-bond donors (Lipinski definition) is 4. The Hall–Kier alpha value is -3.19. The van der Waals surface area contributed by atoms with Crippen molar-refractivity contribution in [2.24, 2.45) is 5.73 Å². The van der Waals surface area contributed by atoms with Crippen LogP contribution in [0.1, 0.15) is 22.3 Å². The van der Waals surface area contributed by atoms with E-state index < -0.39 is 5.91 Å². The minimum Gasteiger partial charge on any atom is -0.365 e. The molecular formula is C22H29N4O3+. The van der Waals surface area contributed by atoms with E-state index >= 15 is 0 Å². The molecule has 0 saturated carbocycles. The molecule has 7 nitrogen and oxygen atoms in total. The molecule has 0 fully saturated rings. The van der Waals surface area contributed by atoms with Crippen molar-refractivity contribution in [1.29, 1.82) is 0 Å². The Bertz CT molecular complexity index is 816. The van der Waals surface area contributed by atoms with Crippen molar-refractivity contribution in [2.45, 2.75) is 27.7 Å². The molecule has 2 aromatic rings. The van der Waals surface area contributed by atoms with Crippen LogP contribution in [-0.4, -0.2) is 37.4 Å². The quantitative estimate of drug-likeness (QED) is 0.531. The van der Waals surface area contributed by atoms with Crippen LogP contribution in [0.15, 0.2) is 36.4 Å². The van der Waals surface area contributed by atoms with E-state index in [9.17, 15) is 14.4 Å². The Labute approximate surface area is 171 Å². The van der Waals surface area contributed by atoms with Crippen LogP contribution in [0.25, 0.3) is 0 Å². The molecule has 0 bridgehead atoms. The maximum absolute atomic E-state index is 12.5. The van der Waals surface area contributed by atoms with Gasteiger partial charge >= 0.3 is 0 Å². The van der Waals surface area contributed by atoms with Crippen LogP contribution in [0.2, 0.25) is 0 Å². The number of nitrogens with two attached hydrogens (primary N) is 1. The van der Waals surface area contributed by atoms with Gasteiger partial charge < -0.3 is 21.3 Å². The van der Waals surface area contributed by atoms with Crippen molar-refractivity contribution in [1.82, 2.24) is 0 Å². The lowest BCUT2D eigenvalue weighted by Crippen LogP contribution is -3.15. The molecule has 7 heteroatoms. The minimum atomic E-state index is -0.570. The number of amides is 3. The number of aryl methyl sites for hydroxylation is 4. The van der Waals surface area contributed by atoms with Gasteiger partial charge in [-0.1, -0.05) is 36.4 Å². The highest BCUT2D eigenvalue weighted by molar-refractivity contribution is 5.95. The molecule has 0 aromatic heterocycles. The van der Waals surface area contributed by atoms with Gasteiger partial charge in [0, 0.05) is 11.4 Å². The molecular weight excluding hydrogens is 368 g/mol. The number of anilines is 2. The summed E-state index contributed by atoms with van der Waals surface area (Å²) in [5.41, 5.74) is 10.6. The SMILES string of the molecule is Cc1cccc(C)c1NC(=O)C[NH+](CC(N)=O)CC(=O)Nc1c(C)cccc1C. The zero-order valence-corrected chi connectivity index (χ0v) is 17.4. The lowest BCUT2D eigenvalue weighted by atomic mass is 10.1. The highest BCUT2D eigenvalue weighted by Gasteiger charge is 2.21. The summed E-state index contributed by atoms with van der Waals surface area (Å²) in [6, 6.07) is 11.5. The van der Waals surface area contributed by atoms with Crippen LogP contribution >= 0.6 is 0 Å². The van der Waals surface area contributed by atoms with Gasteiger partial charge in [0.1, 0.15) is 0 Å². The molecule has 5 N–H and O–H groups in total. The summed E-state index contributed by atoms with van der Waals surface area (Å²) >= 11 is 0. The monoisotopic (exact) mass is 397 g/mol. The molecule has 154 valence electrons. The van der Waals surface area contributed by atoms with Crippen molar-refractivity contribution < 1.29 is 19.3 Å². The Morgan fingerprint density at radius 2 is 1.07 bits per heavy atom. The number of rotatable bonds is 8. The number of benzene rings is 2. The normalized spacial score (nSPS) is 10.7.